The number of nitrogens with one attached hydrogen (secondary N) is 1. The molecule has 4 rings (SSSR count). The molecule has 0 unspecified atom stereocenters. The van der Waals surface area contributed by atoms with Crippen molar-refractivity contribution in [2.75, 3.05) is 5.32 Å². The van der Waals surface area contributed by atoms with Crippen LogP contribution in [0, 0.1) is 0 Å². The minimum Gasteiger partial charge on any atom is -0.467 e. The van der Waals surface area contributed by atoms with E-state index in [4.69, 9.17) is 9.15 Å². The van der Waals surface area contributed by atoms with Crippen molar-refractivity contribution in [2.24, 2.45) is 7.05 Å². The monoisotopic (exact) mass is 349 g/mol. The molecular formula is C19H19N5O2. The summed E-state index contributed by atoms with van der Waals surface area (Å²) in [6, 6.07) is 12.0. The number of hydrogen-bond donors (Lipinski definition) is 1. The van der Waals surface area contributed by atoms with Gasteiger partial charge in [-0.2, -0.15) is 5.10 Å². The lowest BCUT2D eigenvalue weighted by Crippen LogP contribution is -2.03. The summed E-state index contributed by atoms with van der Waals surface area (Å²) in [6.45, 7) is 1.66. The Kier molecular flexibility index (Phi) is 4.61. The minimum absolute atomic E-state index is 0.468. The van der Waals surface area contributed by atoms with Crippen molar-refractivity contribution in [3.05, 3.63) is 72.1 Å². The van der Waals surface area contributed by atoms with E-state index < -0.39 is 0 Å². The molecule has 26 heavy (non-hydrogen) atoms. The van der Waals surface area contributed by atoms with Crippen molar-refractivity contribution in [1.82, 2.24) is 19.7 Å². The number of aryl methyl sites for hydroxylation is 1. The lowest BCUT2D eigenvalue weighted by molar-refractivity contribution is 0.0929. The Morgan fingerprint density at radius 1 is 1.12 bits per heavy atom. The standard InChI is InChI=1S/C19H19N5O2/c1-24-19-17(10-23-24)18(21-13-22-19)20-9-14-4-2-5-15(8-14)11-25-12-16-6-3-7-26-16/h2-8,10,13H,9,11-12H2,1H3,(H,20,21,22). The first-order chi connectivity index (χ1) is 12.8. The van der Waals surface area contributed by atoms with Crippen LogP contribution in [0.2, 0.25) is 0 Å². The van der Waals surface area contributed by atoms with Gasteiger partial charge in [0.25, 0.3) is 0 Å². The molecule has 3 heterocycles. The van der Waals surface area contributed by atoms with Gasteiger partial charge in [0.15, 0.2) is 5.65 Å². The van der Waals surface area contributed by atoms with Crippen LogP contribution < -0.4 is 5.32 Å². The number of furan rings is 1. The third-order valence-corrected chi connectivity index (χ3v) is 4.07. The molecule has 0 aliphatic heterocycles. The molecule has 4 aromatic rings. The molecule has 0 atom stereocenters. The molecule has 0 saturated carbocycles. The van der Waals surface area contributed by atoms with Crippen LogP contribution in [-0.2, 0) is 31.5 Å². The van der Waals surface area contributed by atoms with Gasteiger partial charge < -0.3 is 14.5 Å². The zero-order valence-corrected chi connectivity index (χ0v) is 14.4. The van der Waals surface area contributed by atoms with Gasteiger partial charge in [0.05, 0.1) is 24.5 Å². The highest BCUT2D eigenvalue weighted by atomic mass is 16.5. The second-order valence-corrected chi connectivity index (χ2v) is 5.97. The van der Waals surface area contributed by atoms with E-state index >= 15 is 0 Å². The predicted octanol–water partition coefficient (Wildman–Crippen LogP) is 3.29. The van der Waals surface area contributed by atoms with Crippen LogP contribution in [0.3, 0.4) is 0 Å². The second-order valence-electron chi connectivity index (χ2n) is 5.97. The zero-order chi connectivity index (χ0) is 17.8. The van der Waals surface area contributed by atoms with E-state index in [1.807, 2.05) is 25.2 Å². The summed E-state index contributed by atoms with van der Waals surface area (Å²) in [5, 5.41) is 8.50. The van der Waals surface area contributed by atoms with Gasteiger partial charge in [0.1, 0.15) is 24.5 Å². The quantitative estimate of drug-likeness (QED) is 0.552. The third kappa shape index (κ3) is 3.57. The molecule has 0 bridgehead atoms. The van der Waals surface area contributed by atoms with Crippen LogP contribution in [-0.4, -0.2) is 19.7 Å². The lowest BCUT2D eigenvalue weighted by atomic mass is 10.1. The third-order valence-electron chi connectivity index (χ3n) is 4.07. The number of ether oxygens (including phenoxy) is 1. The SMILES string of the molecule is Cn1ncc2c(NCc3cccc(COCc4ccco4)c3)ncnc21. The van der Waals surface area contributed by atoms with Crippen molar-refractivity contribution in [1.29, 1.82) is 0 Å². The first-order valence-corrected chi connectivity index (χ1v) is 8.34. The van der Waals surface area contributed by atoms with Gasteiger partial charge in [0.2, 0.25) is 0 Å². The molecule has 0 saturated heterocycles. The van der Waals surface area contributed by atoms with Crippen molar-refractivity contribution >= 4 is 16.9 Å². The Bertz CT molecular complexity index is 994. The highest BCUT2D eigenvalue weighted by molar-refractivity contribution is 5.85. The molecule has 0 fully saturated rings. The van der Waals surface area contributed by atoms with E-state index in [9.17, 15) is 0 Å². The van der Waals surface area contributed by atoms with Gasteiger partial charge in [-0.1, -0.05) is 24.3 Å². The number of anilines is 1. The zero-order valence-electron chi connectivity index (χ0n) is 14.4. The Labute approximate surface area is 150 Å². The van der Waals surface area contributed by atoms with Crippen LogP contribution in [0.1, 0.15) is 16.9 Å². The predicted molar refractivity (Wildman–Crippen MR) is 97.3 cm³/mol. The summed E-state index contributed by atoms with van der Waals surface area (Å²) in [6.07, 6.45) is 4.97. The summed E-state index contributed by atoms with van der Waals surface area (Å²) < 4.78 is 12.7. The highest BCUT2D eigenvalue weighted by Gasteiger charge is 2.07. The molecule has 7 heteroatoms. The van der Waals surface area contributed by atoms with Crippen molar-refractivity contribution in [2.45, 2.75) is 19.8 Å². The van der Waals surface area contributed by atoms with Crippen LogP contribution in [0.5, 0.6) is 0 Å². The first kappa shape index (κ1) is 16.3. The Hall–Kier alpha value is -3.19. The second kappa shape index (κ2) is 7.37. The van der Waals surface area contributed by atoms with E-state index in [1.54, 1.807) is 23.5 Å². The van der Waals surface area contributed by atoms with Gasteiger partial charge in [-0.15, -0.1) is 0 Å². The first-order valence-electron chi connectivity index (χ1n) is 8.34. The summed E-state index contributed by atoms with van der Waals surface area (Å²) in [4.78, 5) is 8.58. The maximum atomic E-state index is 5.70. The van der Waals surface area contributed by atoms with Crippen LogP contribution in [0.15, 0.2) is 59.6 Å². The average Bonchev–Trinajstić information content (AvgIpc) is 3.31. The van der Waals surface area contributed by atoms with Gasteiger partial charge in [-0.05, 0) is 23.3 Å². The van der Waals surface area contributed by atoms with Crippen molar-refractivity contribution < 1.29 is 9.15 Å². The smallest absolute Gasteiger partial charge is 0.163 e. The van der Waals surface area contributed by atoms with E-state index in [0.29, 0.717) is 19.8 Å². The van der Waals surface area contributed by atoms with Crippen molar-refractivity contribution in [3.63, 3.8) is 0 Å². The fraction of sp³-hybridized carbons (Fsp3) is 0.211. The number of nitrogens with zero attached hydrogens (tertiary/aromatic N) is 4. The summed E-state index contributed by atoms with van der Waals surface area (Å²) in [7, 11) is 1.87. The van der Waals surface area contributed by atoms with E-state index in [-0.39, 0.29) is 0 Å². The maximum absolute atomic E-state index is 5.70. The molecule has 0 amide bonds. The molecule has 1 aromatic carbocycles. The molecule has 0 aliphatic rings. The van der Waals surface area contributed by atoms with Crippen LogP contribution >= 0.6 is 0 Å². The number of benzene rings is 1. The molecule has 0 spiro atoms. The topological polar surface area (TPSA) is 78.0 Å². The molecule has 3 aromatic heterocycles. The van der Waals surface area contributed by atoms with Crippen LogP contribution in [0.4, 0.5) is 5.82 Å². The molecule has 7 nitrogen and oxygen atoms in total. The summed E-state index contributed by atoms with van der Waals surface area (Å²) >= 11 is 0. The van der Waals surface area contributed by atoms with Gasteiger partial charge in [0, 0.05) is 13.6 Å². The Morgan fingerprint density at radius 3 is 2.92 bits per heavy atom. The van der Waals surface area contributed by atoms with Crippen LogP contribution in [0.25, 0.3) is 11.0 Å². The van der Waals surface area contributed by atoms with E-state index in [0.717, 1.165) is 33.7 Å². The number of aromatic nitrogens is 4. The van der Waals surface area contributed by atoms with Gasteiger partial charge >= 0.3 is 0 Å². The van der Waals surface area contributed by atoms with Gasteiger partial charge in [-0.3, -0.25) is 4.68 Å². The molecule has 0 aliphatic carbocycles. The normalized spacial score (nSPS) is 11.1. The molecule has 1 N–H and O–H groups in total. The highest BCUT2D eigenvalue weighted by Crippen LogP contribution is 2.19. The van der Waals surface area contributed by atoms with Crippen molar-refractivity contribution in [3.8, 4) is 0 Å². The number of rotatable bonds is 7. The fourth-order valence-corrected chi connectivity index (χ4v) is 2.78. The lowest BCUT2D eigenvalue weighted by Gasteiger charge is -2.08. The number of fused-ring (bicyclic) bond motifs is 1. The van der Waals surface area contributed by atoms with E-state index in [1.165, 1.54) is 0 Å². The molecular weight excluding hydrogens is 330 g/mol. The summed E-state index contributed by atoms with van der Waals surface area (Å²) in [5.41, 5.74) is 3.08. The molecule has 0 radical (unpaired) electrons. The minimum atomic E-state index is 0.468. The molecule has 132 valence electrons. The Morgan fingerprint density at radius 2 is 2.04 bits per heavy atom. The summed E-state index contributed by atoms with van der Waals surface area (Å²) in [5.74, 6) is 1.61. The maximum Gasteiger partial charge on any atom is 0.163 e. The average molecular weight is 349 g/mol. The van der Waals surface area contributed by atoms with Gasteiger partial charge in [-0.25, -0.2) is 9.97 Å². The largest absolute Gasteiger partial charge is 0.467 e. The Balaban J connectivity index is 1.38. The number of hydrogen-bond acceptors (Lipinski definition) is 6. The van der Waals surface area contributed by atoms with E-state index in [2.05, 4.69) is 38.6 Å². The fourth-order valence-electron chi connectivity index (χ4n) is 2.78.